The predicted octanol–water partition coefficient (Wildman–Crippen LogP) is 2.93. The lowest BCUT2D eigenvalue weighted by Crippen LogP contribution is -2.29. The predicted molar refractivity (Wildman–Crippen MR) is 84.9 cm³/mol. The molecule has 4 nitrogen and oxygen atoms in total. The number of amides is 1. The molecular formula is C17H26N2O2. The van der Waals surface area contributed by atoms with Gasteiger partial charge in [-0.05, 0) is 56.8 Å². The summed E-state index contributed by atoms with van der Waals surface area (Å²) in [7, 11) is 0. The zero-order valence-corrected chi connectivity index (χ0v) is 13.0. The van der Waals surface area contributed by atoms with Gasteiger partial charge in [0.1, 0.15) is 0 Å². The quantitative estimate of drug-likeness (QED) is 0.846. The van der Waals surface area contributed by atoms with Gasteiger partial charge >= 0.3 is 0 Å². The number of nitrogens with two attached hydrogens (primary N) is 1. The van der Waals surface area contributed by atoms with Gasteiger partial charge in [-0.3, -0.25) is 4.79 Å². The molecule has 1 fully saturated rings. The molecule has 2 atom stereocenters. The van der Waals surface area contributed by atoms with E-state index in [0.717, 1.165) is 30.5 Å². The van der Waals surface area contributed by atoms with Crippen molar-refractivity contribution in [3.63, 3.8) is 0 Å². The first-order chi connectivity index (χ1) is 10.1. The van der Waals surface area contributed by atoms with Crippen molar-refractivity contribution in [2.45, 2.75) is 45.8 Å². The molecule has 1 aromatic rings. The van der Waals surface area contributed by atoms with Crippen molar-refractivity contribution in [3.8, 4) is 0 Å². The molecule has 0 spiro atoms. The highest BCUT2D eigenvalue weighted by Crippen LogP contribution is 2.31. The van der Waals surface area contributed by atoms with E-state index >= 15 is 0 Å². The molecule has 116 valence electrons. The lowest BCUT2D eigenvalue weighted by molar-refractivity contribution is -0.120. The molecule has 1 aliphatic rings. The fourth-order valence-electron chi connectivity index (χ4n) is 2.90. The fourth-order valence-corrected chi connectivity index (χ4v) is 2.90. The van der Waals surface area contributed by atoms with Crippen molar-refractivity contribution in [2.75, 3.05) is 11.9 Å². The second kappa shape index (κ2) is 7.57. The van der Waals surface area contributed by atoms with Gasteiger partial charge in [0, 0.05) is 11.6 Å². The first-order valence-corrected chi connectivity index (χ1v) is 7.81. The summed E-state index contributed by atoms with van der Waals surface area (Å²) in [5.74, 6) is 0.493. The Morgan fingerprint density at radius 3 is 2.95 bits per heavy atom. The average Bonchev–Trinajstić information content (AvgIpc) is 2.94. The van der Waals surface area contributed by atoms with Crippen LogP contribution in [0.2, 0.25) is 0 Å². The number of rotatable bonds is 6. The highest BCUT2D eigenvalue weighted by Gasteiger charge is 2.31. The normalized spacial score (nSPS) is 21.7. The molecule has 1 amide bonds. The third-order valence-corrected chi connectivity index (χ3v) is 4.08. The molecule has 0 saturated heterocycles. The van der Waals surface area contributed by atoms with E-state index in [1.807, 2.05) is 38.1 Å². The fraction of sp³-hybridized carbons (Fsp3) is 0.588. The number of nitrogens with one attached hydrogen (secondary N) is 1. The van der Waals surface area contributed by atoms with Gasteiger partial charge in [0.15, 0.2) is 0 Å². The van der Waals surface area contributed by atoms with Crippen molar-refractivity contribution >= 4 is 11.6 Å². The molecule has 0 heterocycles. The van der Waals surface area contributed by atoms with Crippen molar-refractivity contribution in [2.24, 2.45) is 17.6 Å². The topological polar surface area (TPSA) is 64.3 Å². The summed E-state index contributed by atoms with van der Waals surface area (Å²) in [5, 5.41) is 3.03. The van der Waals surface area contributed by atoms with Crippen LogP contribution in [0.15, 0.2) is 24.3 Å². The summed E-state index contributed by atoms with van der Waals surface area (Å²) in [4.78, 5) is 12.4. The van der Waals surface area contributed by atoms with E-state index < -0.39 is 0 Å². The molecule has 0 radical (unpaired) electrons. The maximum absolute atomic E-state index is 12.4. The molecule has 1 saturated carbocycles. The van der Waals surface area contributed by atoms with Gasteiger partial charge < -0.3 is 15.8 Å². The van der Waals surface area contributed by atoms with E-state index in [0.29, 0.717) is 19.1 Å². The standard InChI is InChI=1S/C17H26N2O2/c1-12(2)21-11-13-5-3-7-15(9-13)19-17(20)16-8-4-6-14(16)10-18/h3,5,7,9,12,14,16H,4,6,8,10-11,18H2,1-2H3,(H,19,20)/t14-,16-/m1/s1. The van der Waals surface area contributed by atoms with Crippen LogP contribution in [-0.4, -0.2) is 18.6 Å². The van der Waals surface area contributed by atoms with Crippen molar-refractivity contribution < 1.29 is 9.53 Å². The Morgan fingerprint density at radius 2 is 2.24 bits per heavy atom. The van der Waals surface area contributed by atoms with Crippen LogP contribution in [0, 0.1) is 11.8 Å². The van der Waals surface area contributed by atoms with Gasteiger partial charge in [0.05, 0.1) is 12.7 Å². The first kappa shape index (κ1) is 16.0. The molecule has 0 bridgehead atoms. The molecule has 0 unspecified atom stereocenters. The molecule has 3 N–H and O–H groups in total. The maximum Gasteiger partial charge on any atom is 0.227 e. The van der Waals surface area contributed by atoms with Gasteiger partial charge in [-0.2, -0.15) is 0 Å². The second-order valence-corrected chi connectivity index (χ2v) is 6.08. The minimum Gasteiger partial charge on any atom is -0.374 e. The molecule has 0 aromatic heterocycles. The summed E-state index contributed by atoms with van der Waals surface area (Å²) in [6, 6.07) is 7.86. The third-order valence-electron chi connectivity index (χ3n) is 4.08. The van der Waals surface area contributed by atoms with Crippen LogP contribution in [0.1, 0.15) is 38.7 Å². The van der Waals surface area contributed by atoms with E-state index in [-0.39, 0.29) is 17.9 Å². The Bertz CT molecular complexity index is 474. The first-order valence-electron chi connectivity index (χ1n) is 7.81. The van der Waals surface area contributed by atoms with Crippen LogP contribution in [0.5, 0.6) is 0 Å². The van der Waals surface area contributed by atoms with Crippen LogP contribution in [0.3, 0.4) is 0 Å². The van der Waals surface area contributed by atoms with Gasteiger partial charge in [-0.25, -0.2) is 0 Å². The SMILES string of the molecule is CC(C)OCc1cccc(NC(=O)[C@@H]2CCC[C@@H]2CN)c1. The Labute approximate surface area is 127 Å². The summed E-state index contributed by atoms with van der Waals surface area (Å²) < 4.78 is 5.59. The minimum absolute atomic E-state index is 0.0607. The largest absolute Gasteiger partial charge is 0.374 e. The van der Waals surface area contributed by atoms with Gasteiger partial charge in [0.25, 0.3) is 0 Å². The lowest BCUT2D eigenvalue weighted by Gasteiger charge is -2.17. The third kappa shape index (κ3) is 4.55. The number of carbonyl (C=O) groups excluding carboxylic acids is 1. The molecule has 1 aromatic carbocycles. The molecule has 2 rings (SSSR count). The second-order valence-electron chi connectivity index (χ2n) is 6.08. The number of hydrogen-bond donors (Lipinski definition) is 2. The Kier molecular flexibility index (Phi) is 5.76. The highest BCUT2D eigenvalue weighted by atomic mass is 16.5. The van der Waals surface area contributed by atoms with E-state index in [9.17, 15) is 4.79 Å². The Balaban J connectivity index is 1.95. The van der Waals surface area contributed by atoms with E-state index in [2.05, 4.69) is 5.32 Å². The summed E-state index contributed by atoms with van der Waals surface area (Å²) in [6.07, 6.45) is 3.31. The van der Waals surface area contributed by atoms with Crippen LogP contribution in [-0.2, 0) is 16.1 Å². The number of anilines is 1. The molecule has 0 aliphatic heterocycles. The monoisotopic (exact) mass is 290 g/mol. The van der Waals surface area contributed by atoms with Crippen molar-refractivity contribution in [1.82, 2.24) is 0 Å². The van der Waals surface area contributed by atoms with Crippen LogP contribution in [0.25, 0.3) is 0 Å². The Morgan fingerprint density at radius 1 is 1.43 bits per heavy atom. The molecule has 4 heteroatoms. The zero-order chi connectivity index (χ0) is 15.2. The van der Waals surface area contributed by atoms with Crippen LogP contribution < -0.4 is 11.1 Å². The maximum atomic E-state index is 12.4. The van der Waals surface area contributed by atoms with E-state index in [1.165, 1.54) is 0 Å². The van der Waals surface area contributed by atoms with Gasteiger partial charge in [-0.15, -0.1) is 0 Å². The van der Waals surface area contributed by atoms with E-state index in [1.54, 1.807) is 0 Å². The lowest BCUT2D eigenvalue weighted by atomic mass is 9.95. The summed E-state index contributed by atoms with van der Waals surface area (Å²) >= 11 is 0. The van der Waals surface area contributed by atoms with Crippen LogP contribution >= 0.6 is 0 Å². The highest BCUT2D eigenvalue weighted by molar-refractivity contribution is 5.93. The van der Waals surface area contributed by atoms with E-state index in [4.69, 9.17) is 10.5 Å². The molecule has 21 heavy (non-hydrogen) atoms. The van der Waals surface area contributed by atoms with Gasteiger partial charge in [0.2, 0.25) is 5.91 Å². The summed E-state index contributed by atoms with van der Waals surface area (Å²) in [6.45, 7) is 5.19. The zero-order valence-electron chi connectivity index (χ0n) is 13.0. The van der Waals surface area contributed by atoms with Gasteiger partial charge in [-0.1, -0.05) is 18.6 Å². The number of hydrogen-bond acceptors (Lipinski definition) is 3. The van der Waals surface area contributed by atoms with Crippen LogP contribution in [0.4, 0.5) is 5.69 Å². The number of carbonyl (C=O) groups is 1. The van der Waals surface area contributed by atoms with Crippen molar-refractivity contribution in [1.29, 1.82) is 0 Å². The Hall–Kier alpha value is -1.39. The molecule has 1 aliphatic carbocycles. The number of benzene rings is 1. The smallest absolute Gasteiger partial charge is 0.227 e. The average molecular weight is 290 g/mol. The number of ether oxygens (including phenoxy) is 1. The van der Waals surface area contributed by atoms with Crippen molar-refractivity contribution in [3.05, 3.63) is 29.8 Å². The minimum atomic E-state index is 0.0607. The molecular weight excluding hydrogens is 264 g/mol. The summed E-state index contributed by atoms with van der Waals surface area (Å²) in [5.41, 5.74) is 7.66.